The first-order valence-corrected chi connectivity index (χ1v) is 14.3. The molecule has 1 aromatic heterocycles. The first kappa shape index (κ1) is 28.0. The van der Waals surface area contributed by atoms with Gasteiger partial charge < -0.3 is 15.3 Å². The van der Waals surface area contributed by atoms with Gasteiger partial charge in [-0.05, 0) is 42.9 Å². The minimum absolute atomic E-state index is 0.0213. The zero-order valence-corrected chi connectivity index (χ0v) is 22.8. The van der Waals surface area contributed by atoms with Crippen molar-refractivity contribution in [3.63, 3.8) is 0 Å². The summed E-state index contributed by atoms with van der Waals surface area (Å²) in [5.74, 6) is -1.55. The molecule has 1 aromatic carbocycles. The number of likely N-dealkylation sites (tertiary alicyclic amines) is 1. The molecule has 2 aliphatic rings. The molecule has 208 valence electrons. The smallest absolute Gasteiger partial charge is 0.248 e. The largest absolute Gasteiger partial charge is 0.391 e. The van der Waals surface area contributed by atoms with Gasteiger partial charge in [0.2, 0.25) is 21.8 Å². The lowest BCUT2D eigenvalue weighted by Gasteiger charge is -2.34. The molecule has 11 nitrogen and oxygen atoms in total. The van der Waals surface area contributed by atoms with Gasteiger partial charge in [0.25, 0.3) is 0 Å². The van der Waals surface area contributed by atoms with Crippen LogP contribution in [0.1, 0.15) is 63.3 Å². The van der Waals surface area contributed by atoms with Crippen LogP contribution in [0.3, 0.4) is 0 Å². The maximum Gasteiger partial charge on any atom is 0.248 e. The molecule has 1 aliphatic heterocycles. The number of sulfonamides is 1. The number of carbonyl (C=O) groups excluding carboxylic acids is 2. The van der Waals surface area contributed by atoms with Crippen LogP contribution in [0.5, 0.6) is 0 Å². The molecule has 2 unspecified atom stereocenters. The molecule has 0 radical (unpaired) electrons. The molecule has 2 aromatic rings. The molecule has 4 rings (SSSR count). The third-order valence-corrected chi connectivity index (χ3v) is 8.11. The second-order valence-electron chi connectivity index (χ2n) is 11.2. The van der Waals surface area contributed by atoms with E-state index in [9.17, 15) is 27.5 Å². The van der Waals surface area contributed by atoms with Gasteiger partial charge in [0.15, 0.2) is 0 Å². The number of aliphatic hydroxyl groups excluding tert-OH is 1. The molecule has 1 aliphatic carbocycles. The van der Waals surface area contributed by atoms with E-state index < -0.39 is 51.1 Å². The number of nitrogens with one attached hydrogen (secondary N) is 2. The van der Waals surface area contributed by atoms with E-state index in [1.165, 1.54) is 17.0 Å². The van der Waals surface area contributed by atoms with E-state index in [4.69, 9.17) is 0 Å². The second kappa shape index (κ2) is 10.6. The van der Waals surface area contributed by atoms with Gasteiger partial charge in [0, 0.05) is 31.6 Å². The molecular formula is C25H35FN6O5S. The van der Waals surface area contributed by atoms with Gasteiger partial charge in [-0.15, -0.1) is 5.10 Å². The zero-order valence-electron chi connectivity index (χ0n) is 22.0. The predicted molar refractivity (Wildman–Crippen MR) is 138 cm³/mol. The summed E-state index contributed by atoms with van der Waals surface area (Å²) < 4.78 is 42.4. The van der Waals surface area contributed by atoms with Crippen LogP contribution in [0.2, 0.25) is 0 Å². The number of aryl methyl sites for hydroxylation is 1. The van der Waals surface area contributed by atoms with Gasteiger partial charge in [-0.1, -0.05) is 32.1 Å². The molecular weight excluding hydrogens is 515 g/mol. The number of aromatic nitrogens is 3. The van der Waals surface area contributed by atoms with E-state index in [2.05, 4.69) is 20.4 Å². The molecule has 0 spiro atoms. The van der Waals surface area contributed by atoms with Crippen molar-refractivity contribution in [2.24, 2.45) is 5.41 Å². The summed E-state index contributed by atoms with van der Waals surface area (Å²) >= 11 is 0. The third kappa shape index (κ3) is 6.49. The van der Waals surface area contributed by atoms with Crippen molar-refractivity contribution < 1.29 is 27.5 Å². The van der Waals surface area contributed by atoms with Crippen LogP contribution in [0, 0.1) is 18.2 Å². The Morgan fingerprint density at radius 1 is 1.26 bits per heavy atom. The van der Waals surface area contributed by atoms with Crippen LogP contribution in [0.15, 0.2) is 24.4 Å². The first-order valence-electron chi connectivity index (χ1n) is 12.7. The Kier molecular flexibility index (Phi) is 7.80. The van der Waals surface area contributed by atoms with E-state index in [1.54, 1.807) is 17.8 Å². The Balaban J connectivity index is 1.41. The summed E-state index contributed by atoms with van der Waals surface area (Å²) in [5, 5.41) is 21.3. The standard InChI is InChI=1S/C25H35FN6O5S/c1-15-5-8-17(11-19(15)26)29-38(36,37)10-9-27-23(34)21-12-18(33)13-31(21)24(35)22(25(2,3)4)32-14-20(28-30-32)16-6-7-16/h5,8,11,14,16,18,21-22,29,33H,6-7,9-10,12-13H2,1-4H3,(H,27,34)/t18?,21?,22-/m1/s1. The van der Waals surface area contributed by atoms with Crippen LogP contribution in [-0.4, -0.2) is 76.2 Å². The number of nitrogens with zero attached hydrogens (tertiary/aromatic N) is 4. The number of benzene rings is 1. The average molecular weight is 551 g/mol. The van der Waals surface area contributed by atoms with Crippen molar-refractivity contribution in [3.05, 3.63) is 41.5 Å². The summed E-state index contributed by atoms with van der Waals surface area (Å²) in [4.78, 5) is 28.1. The number of hydrogen-bond donors (Lipinski definition) is 3. The molecule has 2 heterocycles. The molecule has 3 N–H and O–H groups in total. The van der Waals surface area contributed by atoms with Crippen molar-refractivity contribution in [2.75, 3.05) is 23.6 Å². The van der Waals surface area contributed by atoms with Gasteiger partial charge in [-0.25, -0.2) is 17.5 Å². The van der Waals surface area contributed by atoms with E-state index >= 15 is 0 Å². The summed E-state index contributed by atoms with van der Waals surface area (Å²) in [6.45, 7) is 7.01. The maximum atomic E-state index is 13.7. The van der Waals surface area contributed by atoms with E-state index in [0.717, 1.165) is 24.6 Å². The molecule has 38 heavy (non-hydrogen) atoms. The summed E-state index contributed by atoms with van der Waals surface area (Å²) in [5.41, 5.74) is 0.751. The normalized spacial score (nSPS) is 20.8. The Morgan fingerprint density at radius 3 is 2.61 bits per heavy atom. The Morgan fingerprint density at radius 2 is 1.97 bits per heavy atom. The highest BCUT2D eigenvalue weighted by atomic mass is 32.2. The molecule has 2 fully saturated rings. The lowest BCUT2D eigenvalue weighted by Crippen LogP contribution is -2.51. The van der Waals surface area contributed by atoms with Crippen molar-refractivity contribution in [1.29, 1.82) is 0 Å². The fraction of sp³-hybridized carbons (Fsp3) is 0.600. The predicted octanol–water partition coefficient (Wildman–Crippen LogP) is 1.71. The topological polar surface area (TPSA) is 147 Å². The van der Waals surface area contributed by atoms with Gasteiger partial charge in [0.1, 0.15) is 17.9 Å². The number of carbonyl (C=O) groups is 2. The van der Waals surface area contributed by atoms with E-state index in [0.29, 0.717) is 11.5 Å². The minimum atomic E-state index is -3.87. The fourth-order valence-electron chi connectivity index (χ4n) is 4.64. The second-order valence-corrected chi connectivity index (χ2v) is 13.1. The Labute approximate surface area is 221 Å². The summed E-state index contributed by atoms with van der Waals surface area (Å²) in [6, 6.07) is 2.29. The number of aliphatic hydroxyl groups is 1. The summed E-state index contributed by atoms with van der Waals surface area (Å²) in [7, 11) is -3.87. The SMILES string of the molecule is Cc1ccc(NS(=O)(=O)CCNC(=O)C2CC(O)CN2C(=O)[C@@H](n2cc(C3CC3)nn2)C(C)(C)C)cc1F. The Bertz CT molecular complexity index is 1300. The van der Waals surface area contributed by atoms with Crippen LogP contribution in [0.4, 0.5) is 10.1 Å². The highest BCUT2D eigenvalue weighted by Gasteiger charge is 2.45. The van der Waals surface area contributed by atoms with Gasteiger partial charge in [-0.2, -0.15) is 0 Å². The number of anilines is 1. The number of β-amino-alcohol motifs (C(OH)–C–C–N with tert-alkyl or cyclic N) is 1. The van der Waals surface area contributed by atoms with Crippen molar-refractivity contribution in [2.45, 2.75) is 71.1 Å². The molecule has 1 saturated heterocycles. The molecule has 1 saturated carbocycles. The third-order valence-electron chi connectivity index (χ3n) is 6.82. The monoisotopic (exact) mass is 550 g/mol. The van der Waals surface area contributed by atoms with Crippen LogP contribution in [0.25, 0.3) is 0 Å². The maximum absolute atomic E-state index is 13.7. The fourth-order valence-corrected chi connectivity index (χ4v) is 5.60. The van der Waals surface area contributed by atoms with Crippen molar-refractivity contribution >= 4 is 27.5 Å². The number of amides is 2. The van der Waals surface area contributed by atoms with Gasteiger partial charge >= 0.3 is 0 Å². The lowest BCUT2D eigenvalue weighted by molar-refractivity contribution is -0.144. The Hall–Kier alpha value is -3.06. The minimum Gasteiger partial charge on any atom is -0.391 e. The zero-order chi connectivity index (χ0) is 27.8. The molecule has 0 bridgehead atoms. The molecule has 2 amide bonds. The van der Waals surface area contributed by atoms with Crippen LogP contribution in [-0.2, 0) is 19.6 Å². The number of hydrogen-bond acceptors (Lipinski definition) is 7. The van der Waals surface area contributed by atoms with Gasteiger partial charge in [-0.3, -0.25) is 14.3 Å². The van der Waals surface area contributed by atoms with E-state index in [-0.39, 0.29) is 31.1 Å². The summed E-state index contributed by atoms with van der Waals surface area (Å²) in [6.07, 6.45) is 3.01. The average Bonchev–Trinajstić information content (AvgIpc) is 3.42. The van der Waals surface area contributed by atoms with Crippen molar-refractivity contribution in [3.8, 4) is 0 Å². The number of rotatable bonds is 9. The number of halogens is 1. The highest BCUT2D eigenvalue weighted by molar-refractivity contribution is 7.92. The molecule has 3 atom stereocenters. The van der Waals surface area contributed by atoms with E-state index in [1.807, 2.05) is 20.8 Å². The van der Waals surface area contributed by atoms with Crippen LogP contribution < -0.4 is 10.0 Å². The highest BCUT2D eigenvalue weighted by Crippen LogP contribution is 2.40. The molecule has 13 heteroatoms. The van der Waals surface area contributed by atoms with Crippen LogP contribution >= 0.6 is 0 Å². The quantitative estimate of drug-likeness (QED) is 0.431. The van der Waals surface area contributed by atoms with Gasteiger partial charge in [0.05, 0.1) is 23.2 Å². The lowest BCUT2D eigenvalue weighted by atomic mass is 9.85. The van der Waals surface area contributed by atoms with Crippen molar-refractivity contribution in [1.82, 2.24) is 25.2 Å². The first-order chi connectivity index (χ1) is 17.7.